The lowest BCUT2D eigenvalue weighted by Crippen LogP contribution is -2.39. The van der Waals surface area contributed by atoms with Crippen LogP contribution in [-0.2, 0) is 4.79 Å². The molecule has 1 heterocycles. The summed E-state index contributed by atoms with van der Waals surface area (Å²) < 4.78 is 5.16. The van der Waals surface area contributed by atoms with Crippen molar-refractivity contribution >= 4 is 17.3 Å². The second kappa shape index (κ2) is 5.82. The van der Waals surface area contributed by atoms with Crippen molar-refractivity contribution in [3.63, 3.8) is 0 Å². The number of ether oxygens (including phenoxy) is 1. The van der Waals surface area contributed by atoms with Crippen LogP contribution in [0.4, 0.5) is 11.4 Å². The Labute approximate surface area is 113 Å². The SMILES string of the molecule is COc1ccc(N)c(NC(C)C(=O)N2CCCC2)c1. The molecule has 3 N–H and O–H groups in total. The summed E-state index contributed by atoms with van der Waals surface area (Å²) in [5, 5.41) is 3.17. The van der Waals surface area contributed by atoms with Gasteiger partial charge in [-0.25, -0.2) is 0 Å². The molecule has 1 aliphatic rings. The second-order valence-electron chi connectivity index (χ2n) is 4.85. The quantitative estimate of drug-likeness (QED) is 0.811. The molecule has 1 amide bonds. The Balaban J connectivity index is 2.05. The number of nitrogens with zero attached hydrogens (tertiary/aromatic N) is 1. The van der Waals surface area contributed by atoms with E-state index in [0.717, 1.165) is 37.4 Å². The first-order valence-corrected chi connectivity index (χ1v) is 6.60. The van der Waals surface area contributed by atoms with Gasteiger partial charge < -0.3 is 20.7 Å². The first-order chi connectivity index (χ1) is 9.11. The fourth-order valence-corrected chi connectivity index (χ4v) is 2.29. The van der Waals surface area contributed by atoms with Gasteiger partial charge in [-0.05, 0) is 31.9 Å². The molecule has 0 aromatic heterocycles. The highest BCUT2D eigenvalue weighted by molar-refractivity contribution is 5.86. The van der Waals surface area contributed by atoms with E-state index in [1.165, 1.54) is 0 Å². The molecule has 1 atom stereocenters. The van der Waals surface area contributed by atoms with Crippen molar-refractivity contribution in [1.82, 2.24) is 4.90 Å². The Kier molecular flexibility index (Phi) is 4.14. The molecule has 0 bridgehead atoms. The van der Waals surface area contributed by atoms with Crippen LogP contribution in [-0.4, -0.2) is 37.0 Å². The van der Waals surface area contributed by atoms with Crippen molar-refractivity contribution in [3.8, 4) is 5.75 Å². The number of rotatable bonds is 4. The van der Waals surface area contributed by atoms with E-state index in [-0.39, 0.29) is 11.9 Å². The molecule has 5 nitrogen and oxygen atoms in total. The number of likely N-dealkylation sites (tertiary alicyclic amines) is 1. The topological polar surface area (TPSA) is 67.6 Å². The van der Waals surface area contributed by atoms with E-state index in [1.54, 1.807) is 19.2 Å². The molecule has 0 saturated carbocycles. The van der Waals surface area contributed by atoms with Crippen LogP contribution in [0, 0.1) is 0 Å². The van der Waals surface area contributed by atoms with E-state index in [0.29, 0.717) is 5.69 Å². The molecule has 0 radical (unpaired) electrons. The summed E-state index contributed by atoms with van der Waals surface area (Å²) in [5.41, 5.74) is 7.25. The Bertz CT molecular complexity index is 456. The van der Waals surface area contributed by atoms with Crippen molar-refractivity contribution in [2.45, 2.75) is 25.8 Å². The highest BCUT2D eigenvalue weighted by Gasteiger charge is 2.23. The molecule has 1 saturated heterocycles. The molecular weight excluding hydrogens is 242 g/mol. The van der Waals surface area contributed by atoms with Crippen molar-refractivity contribution < 1.29 is 9.53 Å². The first kappa shape index (κ1) is 13.5. The third-order valence-corrected chi connectivity index (χ3v) is 3.42. The number of carbonyl (C=O) groups is 1. The number of benzene rings is 1. The zero-order valence-electron chi connectivity index (χ0n) is 11.5. The lowest BCUT2D eigenvalue weighted by atomic mass is 10.2. The lowest BCUT2D eigenvalue weighted by Gasteiger charge is -2.22. The van der Waals surface area contributed by atoms with E-state index < -0.39 is 0 Å². The summed E-state index contributed by atoms with van der Waals surface area (Å²) in [4.78, 5) is 14.1. The van der Waals surface area contributed by atoms with Gasteiger partial charge in [0.15, 0.2) is 0 Å². The lowest BCUT2D eigenvalue weighted by molar-refractivity contribution is -0.130. The first-order valence-electron chi connectivity index (χ1n) is 6.60. The molecule has 5 heteroatoms. The second-order valence-corrected chi connectivity index (χ2v) is 4.85. The molecule has 1 aromatic rings. The van der Waals surface area contributed by atoms with E-state index in [1.807, 2.05) is 17.9 Å². The van der Waals surface area contributed by atoms with E-state index in [2.05, 4.69) is 5.32 Å². The van der Waals surface area contributed by atoms with Crippen molar-refractivity contribution in [1.29, 1.82) is 0 Å². The number of hydrogen-bond donors (Lipinski definition) is 2. The number of nitrogens with two attached hydrogens (primary N) is 1. The number of methoxy groups -OCH3 is 1. The molecule has 1 aromatic carbocycles. The Morgan fingerprint density at radius 2 is 2.11 bits per heavy atom. The highest BCUT2D eigenvalue weighted by Crippen LogP contribution is 2.25. The molecule has 104 valence electrons. The summed E-state index contributed by atoms with van der Waals surface area (Å²) in [6.45, 7) is 3.58. The number of amides is 1. The number of nitrogen functional groups attached to an aromatic ring is 1. The number of carbonyl (C=O) groups excluding carboxylic acids is 1. The third kappa shape index (κ3) is 3.10. The van der Waals surface area contributed by atoms with Gasteiger partial charge in [-0.15, -0.1) is 0 Å². The van der Waals surface area contributed by atoms with Crippen LogP contribution in [0.2, 0.25) is 0 Å². The molecule has 0 aliphatic carbocycles. The van der Waals surface area contributed by atoms with Crippen LogP contribution in [0.15, 0.2) is 18.2 Å². The van der Waals surface area contributed by atoms with Gasteiger partial charge in [-0.1, -0.05) is 0 Å². The molecule has 1 fully saturated rings. The predicted molar refractivity (Wildman–Crippen MR) is 76.3 cm³/mol. The maximum atomic E-state index is 12.2. The Hall–Kier alpha value is -1.91. The molecule has 19 heavy (non-hydrogen) atoms. The van der Waals surface area contributed by atoms with Gasteiger partial charge in [-0.2, -0.15) is 0 Å². The number of nitrogens with one attached hydrogen (secondary N) is 1. The van der Waals surface area contributed by atoms with E-state index in [4.69, 9.17) is 10.5 Å². The van der Waals surface area contributed by atoms with Crippen LogP contribution in [0.3, 0.4) is 0 Å². The normalized spacial score (nSPS) is 16.2. The zero-order valence-corrected chi connectivity index (χ0v) is 11.5. The standard InChI is InChI=1S/C14H21N3O2/c1-10(14(18)17-7-3-4-8-17)16-13-9-11(19-2)5-6-12(13)15/h5-6,9-10,16H,3-4,7-8,15H2,1-2H3. The van der Waals surface area contributed by atoms with E-state index in [9.17, 15) is 4.79 Å². The molecule has 2 rings (SSSR count). The fourth-order valence-electron chi connectivity index (χ4n) is 2.29. The number of hydrogen-bond acceptors (Lipinski definition) is 4. The van der Waals surface area contributed by atoms with Crippen LogP contribution in [0.5, 0.6) is 5.75 Å². The van der Waals surface area contributed by atoms with Gasteiger partial charge in [-0.3, -0.25) is 4.79 Å². The summed E-state index contributed by atoms with van der Waals surface area (Å²) in [5.74, 6) is 0.845. The Morgan fingerprint density at radius 1 is 1.42 bits per heavy atom. The van der Waals surface area contributed by atoms with Gasteiger partial charge >= 0.3 is 0 Å². The van der Waals surface area contributed by atoms with Crippen LogP contribution >= 0.6 is 0 Å². The average Bonchev–Trinajstić information content (AvgIpc) is 2.94. The predicted octanol–water partition coefficient (Wildman–Crippen LogP) is 1.70. The smallest absolute Gasteiger partial charge is 0.244 e. The maximum Gasteiger partial charge on any atom is 0.244 e. The minimum Gasteiger partial charge on any atom is -0.497 e. The van der Waals surface area contributed by atoms with E-state index >= 15 is 0 Å². The highest BCUT2D eigenvalue weighted by atomic mass is 16.5. The molecular formula is C14H21N3O2. The minimum atomic E-state index is -0.285. The summed E-state index contributed by atoms with van der Waals surface area (Å²) in [6, 6.07) is 5.10. The zero-order chi connectivity index (χ0) is 13.8. The van der Waals surface area contributed by atoms with Crippen molar-refractivity contribution in [3.05, 3.63) is 18.2 Å². The summed E-state index contributed by atoms with van der Waals surface area (Å²) >= 11 is 0. The molecule has 0 spiro atoms. The largest absolute Gasteiger partial charge is 0.497 e. The molecule has 1 unspecified atom stereocenters. The average molecular weight is 263 g/mol. The van der Waals surface area contributed by atoms with Gasteiger partial charge in [0.25, 0.3) is 0 Å². The summed E-state index contributed by atoms with van der Waals surface area (Å²) in [7, 11) is 1.61. The Morgan fingerprint density at radius 3 is 2.74 bits per heavy atom. The third-order valence-electron chi connectivity index (χ3n) is 3.42. The molecule has 1 aliphatic heterocycles. The van der Waals surface area contributed by atoms with Crippen LogP contribution in [0.1, 0.15) is 19.8 Å². The van der Waals surface area contributed by atoms with Gasteiger partial charge in [0.05, 0.1) is 18.5 Å². The summed E-state index contributed by atoms with van der Waals surface area (Å²) in [6.07, 6.45) is 2.19. The fraction of sp³-hybridized carbons (Fsp3) is 0.500. The van der Waals surface area contributed by atoms with Gasteiger partial charge in [0, 0.05) is 19.2 Å². The van der Waals surface area contributed by atoms with Gasteiger partial charge in [0.1, 0.15) is 11.8 Å². The maximum absolute atomic E-state index is 12.2. The van der Waals surface area contributed by atoms with Gasteiger partial charge in [0.2, 0.25) is 5.91 Å². The van der Waals surface area contributed by atoms with Crippen molar-refractivity contribution in [2.24, 2.45) is 0 Å². The minimum absolute atomic E-state index is 0.125. The monoisotopic (exact) mass is 263 g/mol. The van der Waals surface area contributed by atoms with Crippen LogP contribution in [0.25, 0.3) is 0 Å². The number of anilines is 2. The van der Waals surface area contributed by atoms with Crippen molar-refractivity contribution in [2.75, 3.05) is 31.2 Å². The van der Waals surface area contributed by atoms with Crippen LogP contribution < -0.4 is 15.8 Å².